The maximum absolute atomic E-state index is 5.25. The summed E-state index contributed by atoms with van der Waals surface area (Å²) in [6, 6.07) is 0. The molecule has 0 aliphatic carbocycles. The van der Waals surface area contributed by atoms with Gasteiger partial charge in [-0.05, 0) is 237 Å². The summed E-state index contributed by atoms with van der Waals surface area (Å²) in [7, 11) is 0. The molecular weight excluding hydrogens is 595 g/mol. The summed E-state index contributed by atoms with van der Waals surface area (Å²) in [5.41, 5.74) is 33.5. The highest BCUT2D eigenvalue weighted by molar-refractivity contribution is 5.96. The third kappa shape index (κ3) is 4.43. The third-order valence-electron chi connectivity index (χ3n) is 13.5. The number of hydrogen-bond donors (Lipinski definition) is 0. The average molecular weight is 652 g/mol. The first-order chi connectivity index (χ1) is 22.8. The fraction of sp³-hybridized carbons (Fsp3) is 0.413. The Hall–Kier alpha value is -4.11. The molecule has 0 bridgehead atoms. The summed E-state index contributed by atoms with van der Waals surface area (Å²) in [5, 5.41) is 7.97. The number of nitrogens with zero attached hydrogens (tertiary/aromatic N) is 3. The van der Waals surface area contributed by atoms with E-state index in [-0.39, 0.29) is 0 Å². The van der Waals surface area contributed by atoms with Crippen molar-refractivity contribution in [2.45, 2.75) is 132 Å². The Morgan fingerprint density at radius 1 is 0.306 bits per heavy atom. The van der Waals surface area contributed by atoms with Gasteiger partial charge in [0.15, 0.2) is 0 Å². The van der Waals surface area contributed by atoms with E-state index < -0.39 is 0 Å². The minimum atomic E-state index is 1.10. The second-order valence-corrected chi connectivity index (χ2v) is 15.4. The van der Waals surface area contributed by atoms with E-state index in [0.29, 0.717) is 0 Å². The van der Waals surface area contributed by atoms with Gasteiger partial charge in [-0.3, -0.25) is 0 Å². The first-order valence-electron chi connectivity index (χ1n) is 18.0. The van der Waals surface area contributed by atoms with Gasteiger partial charge in [0.05, 0.1) is 28.1 Å². The number of aryl methyl sites for hydroxylation is 6. The van der Waals surface area contributed by atoms with Crippen LogP contribution in [0.2, 0.25) is 0 Å². The Morgan fingerprint density at radius 2 is 0.673 bits per heavy atom. The molecule has 0 saturated carbocycles. The lowest BCUT2D eigenvalue weighted by atomic mass is 9.81. The maximum Gasteiger partial charge on any atom is 0.0778 e. The predicted molar refractivity (Wildman–Crippen MR) is 213 cm³/mol. The SMILES string of the molecule is Cc1c(C)c(-n2nc(C)c3c(C)c(C)c(C)c(C)c32)c(C)c(C)c1-c1c(C)c(C)c(-n2c(C)c(C)c3c(C)c(C)c(C)c(C)c32)c(C)c1C. The Morgan fingerprint density at radius 3 is 1.12 bits per heavy atom. The van der Waals surface area contributed by atoms with E-state index in [1.54, 1.807) is 0 Å². The van der Waals surface area contributed by atoms with Crippen molar-refractivity contribution in [2.75, 3.05) is 0 Å². The molecule has 256 valence electrons. The van der Waals surface area contributed by atoms with Gasteiger partial charge in [0.1, 0.15) is 0 Å². The zero-order valence-electron chi connectivity index (χ0n) is 33.8. The molecule has 2 aromatic heterocycles. The van der Waals surface area contributed by atoms with Crippen molar-refractivity contribution in [3.63, 3.8) is 0 Å². The topological polar surface area (TPSA) is 22.8 Å². The second-order valence-electron chi connectivity index (χ2n) is 15.4. The van der Waals surface area contributed by atoms with Crippen molar-refractivity contribution < 1.29 is 0 Å². The normalized spacial score (nSPS) is 12.0. The zero-order valence-corrected chi connectivity index (χ0v) is 33.8. The molecule has 3 heteroatoms. The molecule has 2 heterocycles. The maximum atomic E-state index is 5.25. The first-order valence-corrected chi connectivity index (χ1v) is 18.0. The quantitative estimate of drug-likeness (QED) is 0.187. The first kappa shape index (κ1) is 34.7. The molecule has 49 heavy (non-hydrogen) atoms. The van der Waals surface area contributed by atoms with Gasteiger partial charge >= 0.3 is 0 Å². The highest BCUT2D eigenvalue weighted by atomic mass is 15.3. The van der Waals surface area contributed by atoms with Crippen LogP contribution in [0, 0.1) is 132 Å². The molecule has 0 saturated heterocycles. The molecule has 0 atom stereocenters. The van der Waals surface area contributed by atoms with Gasteiger partial charge in [-0.1, -0.05) is 0 Å². The minimum absolute atomic E-state index is 1.10. The molecule has 0 radical (unpaired) electrons. The third-order valence-corrected chi connectivity index (χ3v) is 13.5. The molecular formula is C46H57N3. The van der Waals surface area contributed by atoms with Crippen LogP contribution >= 0.6 is 0 Å². The Kier molecular flexibility index (Phi) is 8.13. The molecule has 0 amide bonds. The highest BCUT2D eigenvalue weighted by Crippen LogP contribution is 2.45. The van der Waals surface area contributed by atoms with Crippen molar-refractivity contribution in [1.29, 1.82) is 0 Å². The molecule has 0 fully saturated rings. The van der Waals surface area contributed by atoms with Crippen LogP contribution in [0.3, 0.4) is 0 Å². The van der Waals surface area contributed by atoms with Crippen LogP contribution in [0.4, 0.5) is 0 Å². The summed E-state index contributed by atoms with van der Waals surface area (Å²) < 4.78 is 4.86. The highest BCUT2D eigenvalue weighted by Gasteiger charge is 2.28. The number of aromatic nitrogens is 3. The summed E-state index contributed by atoms with van der Waals surface area (Å²) >= 11 is 0. The number of benzene rings is 4. The monoisotopic (exact) mass is 651 g/mol. The molecule has 0 N–H and O–H groups in total. The Balaban J connectivity index is 1.67. The predicted octanol–water partition coefficient (Wildman–Crippen LogP) is 12.5. The van der Waals surface area contributed by atoms with E-state index in [1.807, 2.05) is 0 Å². The Bertz CT molecular complexity index is 2390. The lowest BCUT2D eigenvalue weighted by Crippen LogP contribution is -2.12. The summed E-state index contributed by atoms with van der Waals surface area (Å²) in [6.07, 6.45) is 0. The number of rotatable bonds is 3. The van der Waals surface area contributed by atoms with E-state index in [9.17, 15) is 0 Å². The van der Waals surface area contributed by atoms with Crippen molar-refractivity contribution in [3.8, 4) is 22.5 Å². The van der Waals surface area contributed by atoms with Crippen LogP contribution in [0.25, 0.3) is 44.3 Å². The van der Waals surface area contributed by atoms with Gasteiger partial charge in [-0.2, -0.15) is 5.10 Å². The lowest BCUT2D eigenvalue weighted by molar-refractivity contribution is 0.866. The second kappa shape index (κ2) is 11.5. The van der Waals surface area contributed by atoms with Gasteiger partial charge in [0.25, 0.3) is 0 Å². The van der Waals surface area contributed by atoms with E-state index in [4.69, 9.17) is 5.10 Å². The molecule has 6 aromatic rings. The van der Waals surface area contributed by atoms with Crippen LogP contribution in [0.5, 0.6) is 0 Å². The van der Waals surface area contributed by atoms with Crippen LogP contribution in [0.15, 0.2) is 0 Å². The van der Waals surface area contributed by atoms with Gasteiger partial charge in [-0.25, -0.2) is 4.68 Å². The molecule has 3 nitrogen and oxygen atoms in total. The molecule has 4 aromatic carbocycles. The summed E-state index contributed by atoms with van der Waals surface area (Å²) in [6.45, 7) is 43.6. The van der Waals surface area contributed by atoms with Crippen molar-refractivity contribution in [3.05, 3.63) is 106 Å². The van der Waals surface area contributed by atoms with Crippen LogP contribution < -0.4 is 0 Å². The van der Waals surface area contributed by atoms with Crippen molar-refractivity contribution in [2.24, 2.45) is 0 Å². The fourth-order valence-electron chi connectivity index (χ4n) is 9.23. The largest absolute Gasteiger partial charge is 0.313 e. The smallest absolute Gasteiger partial charge is 0.0778 e. The van der Waals surface area contributed by atoms with E-state index >= 15 is 0 Å². The zero-order chi connectivity index (χ0) is 36.5. The van der Waals surface area contributed by atoms with Gasteiger partial charge in [0, 0.05) is 16.5 Å². The van der Waals surface area contributed by atoms with E-state index in [1.165, 1.54) is 145 Å². The van der Waals surface area contributed by atoms with Gasteiger partial charge in [0.2, 0.25) is 0 Å². The fourth-order valence-corrected chi connectivity index (χ4v) is 9.23. The molecule has 0 aliphatic heterocycles. The number of hydrogen-bond acceptors (Lipinski definition) is 1. The molecule has 0 unspecified atom stereocenters. The number of fused-ring (bicyclic) bond motifs is 2. The lowest BCUT2D eigenvalue weighted by Gasteiger charge is -2.28. The van der Waals surface area contributed by atoms with Crippen LogP contribution in [0.1, 0.15) is 106 Å². The summed E-state index contributed by atoms with van der Waals surface area (Å²) in [5.74, 6) is 0. The van der Waals surface area contributed by atoms with Gasteiger partial charge in [-0.15, -0.1) is 0 Å². The van der Waals surface area contributed by atoms with Crippen LogP contribution in [-0.4, -0.2) is 14.3 Å². The van der Waals surface area contributed by atoms with Crippen molar-refractivity contribution >= 4 is 21.8 Å². The van der Waals surface area contributed by atoms with Gasteiger partial charge < -0.3 is 4.57 Å². The average Bonchev–Trinajstić information content (AvgIpc) is 3.53. The van der Waals surface area contributed by atoms with E-state index in [2.05, 4.69) is 141 Å². The standard InChI is InChI=1S/C46H57N3/c1-20-22(3)30(11)45-41(24(20)5)36(17)38(19)48(45)43-32(13)26(7)39(27(8)33(43)14)40-28(9)34(15)44(35(16)29(40)10)49-46-31(12)23(4)21(2)25(6)42(46)37(18)47-49/h1-19H3. The summed E-state index contributed by atoms with van der Waals surface area (Å²) in [4.78, 5) is 0. The van der Waals surface area contributed by atoms with Crippen LogP contribution in [-0.2, 0) is 0 Å². The van der Waals surface area contributed by atoms with E-state index in [0.717, 1.165) is 5.69 Å². The minimum Gasteiger partial charge on any atom is -0.313 e. The van der Waals surface area contributed by atoms with Crippen molar-refractivity contribution in [1.82, 2.24) is 14.3 Å². The Labute approximate surface area is 295 Å². The molecule has 0 spiro atoms. The molecule has 6 rings (SSSR count). The molecule has 0 aliphatic rings.